The van der Waals surface area contributed by atoms with Gasteiger partial charge in [-0.05, 0) is 53.3 Å². The van der Waals surface area contributed by atoms with Gasteiger partial charge in [0.05, 0.1) is 6.04 Å². The Morgan fingerprint density at radius 1 is 1.25 bits per heavy atom. The van der Waals surface area contributed by atoms with Gasteiger partial charge in [-0.3, -0.25) is 14.7 Å². The summed E-state index contributed by atoms with van der Waals surface area (Å²) in [5, 5.41) is 9.83. The molecule has 5 rings (SSSR count). The van der Waals surface area contributed by atoms with Crippen LogP contribution in [0.1, 0.15) is 32.5 Å². The fraction of sp³-hybridized carbons (Fsp3) is 0.208. The number of amides is 1. The summed E-state index contributed by atoms with van der Waals surface area (Å²) in [5.41, 5.74) is 3.50. The lowest BCUT2D eigenvalue weighted by molar-refractivity contribution is 0.0919. The Bertz CT molecular complexity index is 1210. The predicted octanol–water partition coefficient (Wildman–Crippen LogP) is 4.98. The molecule has 1 aliphatic rings. The van der Waals surface area contributed by atoms with Crippen molar-refractivity contribution in [2.75, 3.05) is 13.1 Å². The van der Waals surface area contributed by atoms with Crippen LogP contribution in [-0.2, 0) is 13.0 Å². The van der Waals surface area contributed by atoms with E-state index in [0.29, 0.717) is 17.3 Å². The standard InChI is InChI=1S/C24H21ClN4O2S/c25-19-5-3-16(4-6-19)21(29-10-7-23-18(15-29)8-11-32-23)14-27-24(30)20-12-22(31-28-20)17-2-1-9-26-13-17/h1-6,8-9,11-13,21H,7,10,14-15H2,(H,27,30). The van der Waals surface area contributed by atoms with Gasteiger partial charge in [0.2, 0.25) is 0 Å². The molecule has 0 fully saturated rings. The maximum Gasteiger partial charge on any atom is 0.273 e. The molecule has 0 saturated heterocycles. The van der Waals surface area contributed by atoms with Gasteiger partial charge in [0, 0.05) is 53.6 Å². The van der Waals surface area contributed by atoms with Gasteiger partial charge in [-0.15, -0.1) is 11.3 Å². The van der Waals surface area contributed by atoms with Gasteiger partial charge in [-0.2, -0.15) is 0 Å². The Morgan fingerprint density at radius 2 is 2.12 bits per heavy atom. The van der Waals surface area contributed by atoms with Gasteiger partial charge in [0.1, 0.15) is 0 Å². The molecule has 0 saturated carbocycles. The second-order valence-electron chi connectivity index (χ2n) is 7.68. The number of hydrogen-bond donors (Lipinski definition) is 1. The SMILES string of the molecule is O=C(NCC(c1ccc(Cl)cc1)N1CCc2sccc2C1)c1cc(-c2cccnc2)on1. The Balaban J connectivity index is 1.32. The summed E-state index contributed by atoms with van der Waals surface area (Å²) in [5.74, 6) is 0.245. The van der Waals surface area contributed by atoms with Gasteiger partial charge in [0.25, 0.3) is 5.91 Å². The number of carbonyl (C=O) groups is 1. The highest BCUT2D eigenvalue weighted by atomic mass is 35.5. The van der Waals surface area contributed by atoms with Gasteiger partial charge in [-0.25, -0.2) is 0 Å². The molecular formula is C24H21ClN4O2S. The summed E-state index contributed by atoms with van der Waals surface area (Å²) < 4.78 is 5.35. The van der Waals surface area contributed by atoms with Crippen LogP contribution in [0.5, 0.6) is 0 Å². The number of pyridine rings is 1. The van der Waals surface area contributed by atoms with Crippen LogP contribution in [0.4, 0.5) is 0 Å². The first-order valence-electron chi connectivity index (χ1n) is 10.4. The van der Waals surface area contributed by atoms with Crippen molar-refractivity contribution in [2.45, 2.75) is 19.0 Å². The summed E-state index contributed by atoms with van der Waals surface area (Å²) in [4.78, 5) is 20.8. The number of benzene rings is 1. The molecule has 1 aromatic carbocycles. The highest BCUT2D eigenvalue weighted by molar-refractivity contribution is 7.10. The summed E-state index contributed by atoms with van der Waals surface area (Å²) in [6.07, 6.45) is 4.38. The molecule has 0 radical (unpaired) electrons. The number of hydrogen-bond acceptors (Lipinski definition) is 6. The van der Waals surface area contributed by atoms with Crippen LogP contribution in [0.2, 0.25) is 5.02 Å². The van der Waals surface area contributed by atoms with Crippen LogP contribution in [0.3, 0.4) is 0 Å². The van der Waals surface area contributed by atoms with E-state index >= 15 is 0 Å². The van der Waals surface area contributed by atoms with Crippen molar-refractivity contribution in [2.24, 2.45) is 0 Å². The largest absolute Gasteiger partial charge is 0.355 e. The number of nitrogens with one attached hydrogen (secondary N) is 1. The van der Waals surface area contributed by atoms with Gasteiger partial charge in [0.15, 0.2) is 11.5 Å². The lowest BCUT2D eigenvalue weighted by atomic mass is 10.0. The van der Waals surface area contributed by atoms with E-state index in [1.807, 2.05) is 47.7 Å². The molecule has 162 valence electrons. The van der Waals surface area contributed by atoms with Gasteiger partial charge in [-0.1, -0.05) is 28.9 Å². The highest BCUT2D eigenvalue weighted by Crippen LogP contribution is 2.31. The maximum atomic E-state index is 12.8. The van der Waals surface area contributed by atoms with Crippen LogP contribution in [0, 0.1) is 0 Å². The predicted molar refractivity (Wildman–Crippen MR) is 125 cm³/mol. The lowest BCUT2D eigenvalue weighted by Gasteiger charge is -2.35. The minimum Gasteiger partial charge on any atom is -0.355 e. The third-order valence-electron chi connectivity index (χ3n) is 5.68. The van der Waals surface area contributed by atoms with E-state index < -0.39 is 0 Å². The molecule has 6 nitrogen and oxygen atoms in total. The van der Waals surface area contributed by atoms with E-state index in [1.54, 1.807) is 18.5 Å². The van der Waals surface area contributed by atoms with Gasteiger partial charge >= 0.3 is 0 Å². The molecule has 0 bridgehead atoms. The lowest BCUT2D eigenvalue weighted by Crippen LogP contribution is -2.40. The average molecular weight is 465 g/mol. The van der Waals surface area contributed by atoms with Crippen molar-refractivity contribution in [3.05, 3.63) is 93.0 Å². The molecule has 1 unspecified atom stereocenters. The highest BCUT2D eigenvalue weighted by Gasteiger charge is 2.26. The summed E-state index contributed by atoms with van der Waals surface area (Å²) in [6, 6.07) is 15.4. The number of thiophene rings is 1. The topological polar surface area (TPSA) is 71.3 Å². The average Bonchev–Trinajstić information content (AvgIpc) is 3.50. The summed E-state index contributed by atoms with van der Waals surface area (Å²) >= 11 is 7.93. The molecule has 4 aromatic rings. The van der Waals surface area contributed by atoms with E-state index in [9.17, 15) is 4.79 Å². The molecule has 3 aromatic heterocycles. The zero-order valence-corrected chi connectivity index (χ0v) is 18.8. The fourth-order valence-electron chi connectivity index (χ4n) is 3.99. The molecule has 1 atom stereocenters. The van der Waals surface area contributed by atoms with Crippen molar-refractivity contribution in [1.29, 1.82) is 0 Å². The number of rotatable bonds is 6. The van der Waals surface area contributed by atoms with Crippen molar-refractivity contribution in [3.63, 3.8) is 0 Å². The molecule has 1 N–H and O–H groups in total. The molecule has 32 heavy (non-hydrogen) atoms. The molecule has 0 spiro atoms. The first-order chi connectivity index (χ1) is 15.7. The molecule has 1 aliphatic heterocycles. The third kappa shape index (κ3) is 4.46. The van der Waals surface area contributed by atoms with Crippen LogP contribution in [-0.4, -0.2) is 34.0 Å². The van der Waals surface area contributed by atoms with E-state index in [-0.39, 0.29) is 17.6 Å². The van der Waals surface area contributed by atoms with Crippen LogP contribution < -0.4 is 5.32 Å². The normalized spacial score (nSPS) is 14.7. The minimum absolute atomic E-state index is 0.0222. The zero-order valence-electron chi connectivity index (χ0n) is 17.2. The minimum atomic E-state index is -0.268. The first kappa shape index (κ1) is 20.9. The molecule has 4 heterocycles. The van der Waals surface area contributed by atoms with Gasteiger partial charge < -0.3 is 9.84 Å². The number of fused-ring (bicyclic) bond motifs is 1. The molecule has 8 heteroatoms. The van der Waals surface area contributed by atoms with E-state index in [1.165, 1.54) is 10.4 Å². The van der Waals surface area contributed by atoms with Crippen LogP contribution in [0.25, 0.3) is 11.3 Å². The molecule has 1 amide bonds. The third-order valence-corrected chi connectivity index (χ3v) is 6.95. The number of aromatic nitrogens is 2. The van der Waals surface area contributed by atoms with Crippen molar-refractivity contribution in [3.8, 4) is 11.3 Å². The van der Waals surface area contributed by atoms with Crippen molar-refractivity contribution in [1.82, 2.24) is 20.4 Å². The van der Waals surface area contributed by atoms with E-state index in [2.05, 4.69) is 31.8 Å². The smallest absolute Gasteiger partial charge is 0.273 e. The summed E-state index contributed by atoms with van der Waals surface area (Å²) in [6.45, 7) is 2.25. The number of nitrogens with zero attached hydrogens (tertiary/aromatic N) is 3. The Hall–Kier alpha value is -3.00. The molecule has 0 aliphatic carbocycles. The Labute approximate surface area is 194 Å². The quantitative estimate of drug-likeness (QED) is 0.435. The summed E-state index contributed by atoms with van der Waals surface area (Å²) in [7, 11) is 0. The number of carbonyl (C=O) groups excluding carboxylic acids is 1. The van der Waals surface area contributed by atoms with Crippen molar-refractivity contribution < 1.29 is 9.32 Å². The molecular weight excluding hydrogens is 444 g/mol. The second kappa shape index (κ2) is 9.24. The zero-order chi connectivity index (χ0) is 21.9. The van der Waals surface area contributed by atoms with Crippen LogP contribution >= 0.6 is 22.9 Å². The van der Waals surface area contributed by atoms with E-state index in [4.69, 9.17) is 16.1 Å². The monoisotopic (exact) mass is 464 g/mol. The maximum absolute atomic E-state index is 12.8. The Morgan fingerprint density at radius 3 is 2.94 bits per heavy atom. The van der Waals surface area contributed by atoms with Crippen LogP contribution in [0.15, 0.2) is 70.8 Å². The fourth-order valence-corrected chi connectivity index (χ4v) is 5.00. The van der Waals surface area contributed by atoms with Crippen molar-refractivity contribution >= 4 is 28.8 Å². The second-order valence-corrected chi connectivity index (χ2v) is 9.12. The van der Waals surface area contributed by atoms with E-state index in [0.717, 1.165) is 30.6 Å². The Kier molecular flexibility index (Phi) is 6.03. The first-order valence-corrected chi connectivity index (χ1v) is 11.6. The number of halogens is 1.